The number of quaternary nitrogens is 1. The van der Waals surface area contributed by atoms with Crippen LogP contribution in [-0.2, 0) is 0 Å². The first-order chi connectivity index (χ1) is 6.20. The van der Waals surface area contributed by atoms with Crippen LogP contribution < -0.4 is 0 Å². The fourth-order valence-corrected chi connectivity index (χ4v) is 3.47. The van der Waals surface area contributed by atoms with Gasteiger partial charge in [0.2, 0.25) is 0 Å². The molecule has 2 aliphatic heterocycles. The van der Waals surface area contributed by atoms with Crippen LogP contribution in [0.25, 0.3) is 0 Å². The van der Waals surface area contributed by atoms with E-state index in [1.165, 1.54) is 32.1 Å². The Balaban J connectivity index is 1.95. The van der Waals surface area contributed by atoms with E-state index in [1.54, 1.807) is 0 Å². The summed E-state index contributed by atoms with van der Waals surface area (Å²) < 4.78 is 1.15. The third kappa shape index (κ3) is 2.18. The van der Waals surface area contributed by atoms with Gasteiger partial charge in [0.15, 0.2) is 0 Å². The van der Waals surface area contributed by atoms with Gasteiger partial charge in [-0.15, -0.1) is 0 Å². The maximum Gasteiger partial charge on any atom is 0.126 e. The number of rotatable bonds is 0. The molecule has 0 amide bonds. The lowest BCUT2D eigenvalue weighted by molar-refractivity contribution is -0.924. The molecule has 1 N–H and O–H groups in total. The molecule has 1 unspecified atom stereocenters. The van der Waals surface area contributed by atoms with Gasteiger partial charge < -0.3 is 9.59 Å². The van der Waals surface area contributed by atoms with E-state index in [9.17, 15) is 5.11 Å². The first kappa shape index (κ1) is 9.77. The molecule has 2 fully saturated rings. The first-order valence-corrected chi connectivity index (χ1v) is 6.15. The fraction of sp³-hybridized carbons (Fsp3) is 1.00. The molecule has 0 radical (unpaired) electrons. The lowest BCUT2D eigenvalue weighted by Crippen LogP contribution is -2.63. The topological polar surface area (TPSA) is 23.5 Å². The number of likely N-dealkylation sites (N-methyl/N-ethyl adjacent to an activating group) is 1. The first-order valence-electron chi connectivity index (χ1n) is 5.00. The molecule has 0 aliphatic carbocycles. The van der Waals surface area contributed by atoms with Gasteiger partial charge in [0.05, 0.1) is 13.1 Å². The molecular formula is C9H19N2OS+. The minimum Gasteiger partial charge on any atom is -0.386 e. The number of aliphatic hydroxyl groups is 1. The zero-order valence-corrected chi connectivity index (χ0v) is 9.09. The molecule has 2 rings (SSSR count). The van der Waals surface area contributed by atoms with Crippen molar-refractivity contribution in [1.29, 1.82) is 0 Å². The SMILES string of the molecule is CN1CC[N+]2(CC1)CSCC(O)C2. The van der Waals surface area contributed by atoms with Crippen LogP contribution in [0.5, 0.6) is 0 Å². The summed E-state index contributed by atoms with van der Waals surface area (Å²) in [7, 11) is 2.18. The van der Waals surface area contributed by atoms with Gasteiger partial charge in [-0.05, 0) is 7.05 Å². The van der Waals surface area contributed by atoms with E-state index in [1.807, 2.05) is 11.8 Å². The maximum absolute atomic E-state index is 9.64. The second kappa shape index (κ2) is 3.77. The van der Waals surface area contributed by atoms with Crippen LogP contribution >= 0.6 is 11.8 Å². The van der Waals surface area contributed by atoms with Crippen molar-refractivity contribution in [3.05, 3.63) is 0 Å². The number of hydrogen-bond donors (Lipinski definition) is 1. The summed E-state index contributed by atoms with van der Waals surface area (Å²) in [5.41, 5.74) is 0. The zero-order chi connectivity index (χ0) is 9.31. The summed E-state index contributed by atoms with van der Waals surface area (Å²) in [5.74, 6) is 2.15. The number of hydrogen-bond acceptors (Lipinski definition) is 3. The smallest absolute Gasteiger partial charge is 0.126 e. The Morgan fingerprint density at radius 2 is 2.08 bits per heavy atom. The van der Waals surface area contributed by atoms with Gasteiger partial charge >= 0.3 is 0 Å². The van der Waals surface area contributed by atoms with E-state index in [0.717, 1.165) is 16.8 Å². The van der Waals surface area contributed by atoms with E-state index >= 15 is 0 Å². The molecule has 2 heterocycles. The Kier molecular flexibility index (Phi) is 2.83. The highest BCUT2D eigenvalue weighted by molar-refractivity contribution is 7.99. The molecule has 13 heavy (non-hydrogen) atoms. The quantitative estimate of drug-likeness (QED) is 0.552. The van der Waals surface area contributed by atoms with Crippen LogP contribution in [-0.4, -0.2) is 72.0 Å². The molecule has 3 nitrogen and oxygen atoms in total. The number of thioether (sulfide) groups is 1. The largest absolute Gasteiger partial charge is 0.386 e. The van der Waals surface area contributed by atoms with Crippen molar-refractivity contribution in [2.75, 3.05) is 51.4 Å². The molecule has 76 valence electrons. The molecule has 2 aliphatic rings. The van der Waals surface area contributed by atoms with Gasteiger partial charge in [0.25, 0.3) is 0 Å². The summed E-state index contributed by atoms with van der Waals surface area (Å²) in [4.78, 5) is 2.38. The normalized spacial score (nSPS) is 35.1. The second-order valence-corrected chi connectivity index (χ2v) is 5.43. The van der Waals surface area contributed by atoms with Gasteiger partial charge in [-0.3, -0.25) is 4.90 Å². The molecule has 0 aromatic heterocycles. The molecule has 0 aromatic rings. The molecule has 1 atom stereocenters. The van der Waals surface area contributed by atoms with Gasteiger partial charge in [0, 0.05) is 18.8 Å². The molecule has 2 saturated heterocycles. The number of nitrogens with zero attached hydrogens (tertiary/aromatic N) is 2. The highest BCUT2D eigenvalue weighted by Gasteiger charge is 2.36. The van der Waals surface area contributed by atoms with E-state index in [0.29, 0.717) is 0 Å². The lowest BCUT2D eigenvalue weighted by atomic mass is 10.2. The molecule has 0 aromatic carbocycles. The van der Waals surface area contributed by atoms with Gasteiger partial charge in [-0.2, -0.15) is 0 Å². The Morgan fingerprint density at radius 3 is 2.69 bits per heavy atom. The molecule has 4 heteroatoms. The second-order valence-electron chi connectivity index (χ2n) is 4.43. The predicted molar refractivity (Wildman–Crippen MR) is 55.7 cm³/mol. The van der Waals surface area contributed by atoms with Crippen molar-refractivity contribution < 1.29 is 9.59 Å². The van der Waals surface area contributed by atoms with Crippen LogP contribution in [0.4, 0.5) is 0 Å². The standard InChI is InChI=1S/C9H19N2OS/c1-10-2-4-11(5-3-10)6-9(12)7-13-8-11/h9,12H,2-8H2,1H3/q+1. The van der Waals surface area contributed by atoms with Crippen molar-refractivity contribution in [3.8, 4) is 0 Å². The molecule has 0 saturated carbocycles. The van der Waals surface area contributed by atoms with E-state index < -0.39 is 0 Å². The van der Waals surface area contributed by atoms with E-state index in [-0.39, 0.29) is 6.10 Å². The van der Waals surface area contributed by atoms with Gasteiger partial charge in [0.1, 0.15) is 18.5 Å². The lowest BCUT2D eigenvalue weighted by Gasteiger charge is -2.46. The predicted octanol–water partition coefficient (Wildman–Crippen LogP) is -0.186. The number of aliphatic hydroxyl groups excluding tert-OH is 1. The minimum absolute atomic E-state index is 0.0674. The average molecular weight is 203 g/mol. The Hall–Kier alpha value is 0.230. The van der Waals surface area contributed by atoms with Crippen molar-refractivity contribution in [2.24, 2.45) is 0 Å². The Labute approximate surface area is 84.3 Å². The molecule has 1 spiro atoms. The van der Waals surface area contributed by atoms with Crippen molar-refractivity contribution >= 4 is 11.8 Å². The summed E-state index contributed by atoms with van der Waals surface area (Å²) in [5, 5.41) is 9.64. The van der Waals surface area contributed by atoms with Crippen molar-refractivity contribution in [2.45, 2.75) is 6.10 Å². The Bertz CT molecular complexity index is 180. The Morgan fingerprint density at radius 1 is 1.38 bits per heavy atom. The summed E-state index contributed by atoms with van der Waals surface area (Å²) in [6.07, 6.45) is -0.0674. The summed E-state index contributed by atoms with van der Waals surface area (Å²) in [6.45, 7) is 5.81. The fourth-order valence-electron chi connectivity index (χ4n) is 2.24. The van der Waals surface area contributed by atoms with Crippen LogP contribution in [0.15, 0.2) is 0 Å². The minimum atomic E-state index is -0.0674. The van der Waals surface area contributed by atoms with Crippen LogP contribution in [0, 0.1) is 0 Å². The third-order valence-electron chi connectivity index (χ3n) is 3.19. The third-order valence-corrected chi connectivity index (χ3v) is 4.54. The maximum atomic E-state index is 9.64. The van der Waals surface area contributed by atoms with Crippen molar-refractivity contribution in [1.82, 2.24) is 4.90 Å². The van der Waals surface area contributed by atoms with Crippen LogP contribution in [0.1, 0.15) is 0 Å². The van der Waals surface area contributed by atoms with Gasteiger partial charge in [-0.25, -0.2) is 0 Å². The highest BCUT2D eigenvalue weighted by atomic mass is 32.2. The molecule has 0 bridgehead atoms. The zero-order valence-electron chi connectivity index (χ0n) is 8.28. The average Bonchev–Trinajstić information content (AvgIpc) is 2.11. The van der Waals surface area contributed by atoms with Crippen LogP contribution in [0.3, 0.4) is 0 Å². The monoisotopic (exact) mass is 203 g/mol. The van der Waals surface area contributed by atoms with Crippen molar-refractivity contribution in [3.63, 3.8) is 0 Å². The van der Waals surface area contributed by atoms with E-state index in [2.05, 4.69) is 11.9 Å². The summed E-state index contributed by atoms with van der Waals surface area (Å²) in [6, 6.07) is 0. The number of piperazine rings is 1. The van der Waals surface area contributed by atoms with Crippen LogP contribution in [0.2, 0.25) is 0 Å². The van der Waals surface area contributed by atoms with E-state index in [4.69, 9.17) is 0 Å². The highest BCUT2D eigenvalue weighted by Crippen LogP contribution is 2.24. The summed E-state index contributed by atoms with van der Waals surface area (Å²) >= 11 is 1.91. The molecular weight excluding hydrogens is 184 g/mol. The van der Waals surface area contributed by atoms with Gasteiger partial charge in [-0.1, -0.05) is 11.8 Å².